The van der Waals surface area contributed by atoms with Crippen molar-refractivity contribution in [3.05, 3.63) is 22.3 Å². The Morgan fingerprint density at radius 2 is 1.23 bits per heavy atom. The van der Waals surface area contributed by atoms with E-state index in [-0.39, 0.29) is 29.8 Å². The van der Waals surface area contributed by atoms with Crippen LogP contribution in [0.5, 0.6) is 0 Å². The summed E-state index contributed by atoms with van der Waals surface area (Å²) in [4.78, 5) is 52.2. The molecule has 0 saturated carbocycles. The number of carbonyl (C=O) groups is 4. The van der Waals surface area contributed by atoms with Gasteiger partial charge in [-0.1, -0.05) is 40.5 Å². The van der Waals surface area contributed by atoms with Gasteiger partial charge < -0.3 is 9.80 Å². The van der Waals surface area contributed by atoms with E-state index in [4.69, 9.17) is 0 Å². The van der Waals surface area contributed by atoms with Crippen molar-refractivity contribution in [3.8, 4) is 0 Å². The summed E-state index contributed by atoms with van der Waals surface area (Å²) < 4.78 is 0. The third-order valence-electron chi connectivity index (χ3n) is 5.66. The van der Waals surface area contributed by atoms with Gasteiger partial charge in [-0.3, -0.25) is 19.2 Å². The van der Waals surface area contributed by atoms with Crippen molar-refractivity contribution in [2.24, 2.45) is 5.41 Å². The number of allylic oxidation sites excluding steroid dienone is 4. The molecule has 0 N–H and O–H groups in total. The largest absolute Gasteiger partial charge is 0.344 e. The van der Waals surface area contributed by atoms with Gasteiger partial charge in [0.25, 0.3) is 0 Å². The number of nitrogens with zero attached hydrogens (tertiary/aromatic N) is 2. The van der Waals surface area contributed by atoms with Crippen LogP contribution in [0.15, 0.2) is 22.3 Å². The molecule has 0 spiro atoms. The van der Waals surface area contributed by atoms with Crippen LogP contribution in [0.25, 0.3) is 0 Å². The van der Waals surface area contributed by atoms with Gasteiger partial charge >= 0.3 is 0 Å². The number of hydrogen-bond acceptors (Lipinski definition) is 4. The van der Waals surface area contributed by atoms with Crippen LogP contribution in [0, 0.1) is 5.41 Å². The fourth-order valence-electron chi connectivity index (χ4n) is 2.96. The second kappa shape index (κ2) is 11.8. The Morgan fingerprint density at radius 1 is 0.800 bits per heavy atom. The van der Waals surface area contributed by atoms with Gasteiger partial charge in [0.15, 0.2) is 11.6 Å². The lowest BCUT2D eigenvalue weighted by molar-refractivity contribution is -0.140. The van der Waals surface area contributed by atoms with Crippen molar-refractivity contribution in [2.45, 2.75) is 74.7 Å². The maximum atomic E-state index is 12.9. The van der Waals surface area contributed by atoms with E-state index in [0.717, 1.165) is 0 Å². The van der Waals surface area contributed by atoms with Crippen LogP contribution in [0.3, 0.4) is 0 Å². The summed E-state index contributed by atoms with van der Waals surface area (Å²) in [6, 6.07) is 0. The summed E-state index contributed by atoms with van der Waals surface area (Å²) in [6.45, 7) is 15.2. The SMILES string of the molecule is CC(=O)N(C)CCN(C)C(=O)C(C)(C)CC1=C(C)C(=O)C(C)=C(C)C1=O.CCCC. The van der Waals surface area contributed by atoms with Crippen molar-refractivity contribution >= 4 is 23.4 Å². The molecule has 0 aromatic rings. The van der Waals surface area contributed by atoms with Crippen LogP contribution < -0.4 is 0 Å². The average Bonchev–Trinajstić information content (AvgIpc) is 2.71. The Hall–Kier alpha value is -2.24. The molecular weight excluding hydrogens is 380 g/mol. The number of hydrogen-bond donors (Lipinski definition) is 0. The topological polar surface area (TPSA) is 74.8 Å². The second-order valence-electron chi connectivity index (χ2n) is 8.74. The molecule has 30 heavy (non-hydrogen) atoms. The third kappa shape index (κ3) is 7.22. The Labute approximate surface area is 182 Å². The van der Waals surface area contributed by atoms with Crippen molar-refractivity contribution in [2.75, 3.05) is 27.2 Å². The number of rotatable bonds is 7. The van der Waals surface area contributed by atoms with Gasteiger partial charge in [-0.2, -0.15) is 0 Å². The zero-order valence-electron chi connectivity index (χ0n) is 20.6. The van der Waals surface area contributed by atoms with Crippen molar-refractivity contribution < 1.29 is 19.2 Å². The first-order valence-electron chi connectivity index (χ1n) is 10.7. The Morgan fingerprint density at radius 3 is 1.67 bits per heavy atom. The first kappa shape index (κ1) is 27.8. The highest BCUT2D eigenvalue weighted by molar-refractivity contribution is 6.24. The van der Waals surface area contributed by atoms with Crippen molar-refractivity contribution in [3.63, 3.8) is 0 Å². The molecule has 0 saturated heterocycles. The summed E-state index contributed by atoms with van der Waals surface area (Å²) in [5, 5.41) is 0. The molecule has 0 heterocycles. The minimum Gasteiger partial charge on any atom is -0.344 e. The summed E-state index contributed by atoms with van der Waals surface area (Å²) >= 11 is 0. The fourth-order valence-corrected chi connectivity index (χ4v) is 2.96. The summed E-state index contributed by atoms with van der Waals surface area (Å²) in [5.41, 5.74) is 0.949. The molecule has 0 aromatic heterocycles. The minimum atomic E-state index is -0.832. The van der Waals surface area contributed by atoms with Crippen LogP contribution in [0.1, 0.15) is 74.7 Å². The van der Waals surface area contributed by atoms with Crippen molar-refractivity contribution in [1.82, 2.24) is 9.80 Å². The van der Waals surface area contributed by atoms with E-state index < -0.39 is 5.41 Å². The van der Waals surface area contributed by atoms with Gasteiger partial charge in [0, 0.05) is 61.8 Å². The number of unbranched alkanes of at least 4 members (excludes halogenated alkanes) is 1. The molecule has 0 radical (unpaired) electrons. The van der Waals surface area contributed by atoms with Crippen LogP contribution in [-0.4, -0.2) is 60.4 Å². The molecule has 0 atom stereocenters. The molecule has 0 aliphatic heterocycles. The molecular formula is C24H40N2O4. The molecule has 0 aromatic carbocycles. The molecule has 1 aliphatic rings. The van der Waals surface area contributed by atoms with E-state index in [0.29, 0.717) is 35.4 Å². The maximum Gasteiger partial charge on any atom is 0.228 e. The van der Waals surface area contributed by atoms with E-state index in [9.17, 15) is 19.2 Å². The fraction of sp³-hybridized carbons (Fsp3) is 0.667. The molecule has 0 bridgehead atoms. The molecule has 0 fully saturated rings. The molecule has 170 valence electrons. The average molecular weight is 421 g/mol. The zero-order chi connectivity index (χ0) is 23.8. The lowest BCUT2D eigenvalue weighted by Crippen LogP contribution is -2.43. The smallest absolute Gasteiger partial charge is 0.228 e. The summed E-state index contributed by atoms with van der Waals surface area (Å²) in [6.07, 6.45) is 2.85. The first-order chi connectivity index (χ1) is 13.7. The number of ketones is 2. The molecule has 6 nitrogen and oxygen atoms in total. The molecule has 1 aliphatic carbocycles. The van der Waals surface area contributed by atoms with E-state index in [1.165, 1.54) is 19.8 Å². The number of carbonyl (C=O) groups excluding carboxylic acids is 4. The van der Waals surface area contributed by atoms with E-state index >= 15 is 0 Å². The minimum absolute atomic E-state index is 0.0603. The van der Waals surface area contributed by atoms with Gasteiger partial charge in [-0.25, -0.2) is 0 Å². The monoisotopic (exact) mass is 420 g/mol. The third-order valence-corrected chi connectivity index (χ3v) is 5.66. The normalized spacial score (nSPS) is 14.5. The van der Waals surface area contributed by atoms with Crippen molar-refractivity contribution in [1.29, 1.82) is 0 Å². The predicted molar refractivity (Wildman–Crippen MR) is 121 cm³/mol. The Bertz CT molecular complexity index is 742. The molecule has 2 amide bonds. The standard InChI is InChI=1S/C20H30N2O4.C4H10/c1-12-13(2)18(25)16(14(3)17(12)24)11-20(5,6)19(26)22(8)10-9-21(7)15(4)23;1-3-4-2/h9-11H2,1-8H3;3-4H2,1-2H3. The van der Waals surface area contributed by atoms with E-state index in [1.54, 1.807) is 58.5 Å². The van der Waals surface area contributed by atoms with Gasteiger partial charge in [0.1, 0.15) is 0 Å². The summed E-state index contributed by atoms with van der Waals surface area (Å²) in [5.74, 6) is -0.468. The van der Waals surface area contributed by atoms with Gasteiger partial charge in [0.2, 0.25) is 11.8 Å². The molecule has 6 heteroatoms. The number of likely N-dealkylation sites (N-methyl/N-ethyl adjacent to an activating group) is 2. The van der Waals surface area contributed by atoms with Crippen LogP contribution in [-0.2, 0) is 19.2 Å². The Balaban J connectivity index is 0.00000192. The highest BCUT2D eigenvalue weighted by Crippen LogP contribution is 2.34. The predicted octanol–water partition coefficient (Wildman–Crippen LogP) is 3.95. The lowest BCUT2D eigenvalue weighted by atomic mass is 9.76. The van der Waals surface area contributed by atoms with Gasteiger partial charge in [-0.15, -0.1) is 0 Å². The van der Waals surface area contributed by atoms with E-state index in [2.05, 4.69) is 13.8 Å². The zero-order valence-corrected chi connectivity index (χ0v) is 20.6. The highest BCUT2D eigenvalue weighted by atomic mass is 16.2. The van der Waals surface area contributed by atoms with Crippen LogP contribution in [0.2, 0.25) is 0 Å². The molecule has 1 rings (SSSR count). The molecule has 0 unspecified atom stereocenters. The van der Waals surface area contributed by atoms with Gasteiger partial charge in [0.05, 0.1) is 0 Å². The number of amides is 2. The summed E-state index contributed by atoms with van der Waals surface area (Å²) in [7, 11) is 3.37. The van der Waals surface area contributed by atoms with E-state index in [1.807, 2.05) is 0 Å². The Kier molecular flexibility index (Phi) is 10.9. The number of Topliss-reactive ketones (excluding diaryl/α,β-unsaturated/α-hetero) is 2. The van der Waals surface area contributed by atoms with Crippen LogP contribution in [0.4, 0.5) is 0 Å². The first-order valence-corrected chi connectivity index (χ1v) is 10.7. The highest BCUT2D eigenvalue weighted by Gasteiger charge is 2.36. The van der Waals surface area contributed by atoms with Gasteiger partial charge in [-0.05, 0) is 27.2 Å². The lowest BCUT2D eigenvalue weighted by Gasteiger charge is -2.32. The second-order valence-corrected chi connectivity index (χ2v) is 8.74. The quantitative estimate of drug-likeness (QED) is 0.585. The maximum absolute atomic E-state index is 12.9. The van der Waals surface area contributed by atoms with Crippen LogP contribution >= 0.6 is 0 Å².